The summed E-state index contributed by atoms with van der Waals surface area (Å²) in [6.45, 7) is 2.50. The van der Waals surface area contributed by atoms with Gasteiger partial charge in [-0.25, -0.2) is 9.13 Å². The summed E-state index contributed by atoms with van der Waals surface area (Å²) in [6.07, 6.45) is 115. The highest BCUT2D eigenvalue weighted by Gasteiger charge is 2.30. The molecule has 0 bridgehead atoms. The van der Waals surface area contributed by atoms with Crippen molar-refractivity contribution in [3.63, 3.8) is 0 Å². The lowest BCUT2D eigenvalue weighted by Gasteiger charge is -2.21. The van der Waals surface area contributed by atoms with Crippen LogP contribution in [0.1, 0.15) is 406 Å². The molecule has 0 rings (SSSR count). The van der Waals surface area contributed by atoms with E-state index in [1.54, 1.807) is 0 Å². The summed E-state index contributed by atoms with van der Waals surface area (Å²) in [5, 5.41) is 20.7. The van der Waals surface area contributed by atoms with Crippen molar-refractivity contribution < 1.29 is 75.8 Å². The highest BCUT2D eigenvalue weighted by Crippen LogP contribution is 2.45. The highest BCUT2D eigenvalue weighted by atomic mass is 31.2. The Bertz CT molecular complexity index is 2710. The van der Waals surface area contributed by atoms with Crippen LogP contribution in [0, 0.1) is 0 Å². The number of phosphoric ester groups is 2. The zero-order valence-electron chi connectivity index (χ0n) is 74.3. The zero-order chi connectivity index (χ0) is 85.1. The van der Waals surface area contributed by atoms with Crippen molar-refractivity contribution in [2.75, 3.05) is 39.6 Å². The van der Waals surface area contributed by atoms with E-state index in [0.717, 1.165) is 154 Å². The normalized spacial score (nSPS) is 14.4. The largest absolute Gasteiger partial charge is 0.472 e. The first-order valence-electron chi connectivity index (χ1n) is 47.1. The maximum atomic E-state index is 13.0. The van der Waals surface area contributed by atoms with Gasteiger partial charge in [-0.15, -0.1) is 0 Å². The number of allylic oxidation sites excluding steroid dienone is 24. The van der Waals surface area contributed by atoms with Crippen LogP contribution >= 0.6 is 15.6 Å². The monoisotopic (exact) mass is 1680 g/mol. The molecule has 0 fully saturated rings. The van der Waals surface area contributed by atoms with E-state index in [0.29, 0.717) is 19.3 Å². The van der Waals surface area contributed by atoms with Crippen LogP contribution in [0.25, 0.3) is 0 Å². The van der Waals surface area contributed by atoms with Gasteiger partial charge in [0, 0.05) is 19.3 Å². The summed E-state index contributed by atoms with van der Waals surface area (Å²) in [7, 11) is -9.80. The maximum absolute atomic E-state index is 13.0. The molecule has 0 aromatic rings. The van der Waals surface area contributed by atoms with Crippen LogP contribution in [-0.4, -0.2) is 95.9 Å². The zero-order valence-corrected chi connectivity index (χ0v) is 76.1. The molecule has 0 aromatic heterocycles. The molecule has 0 heterocycles. The van der Waals surface area contributed by atoms with Crippen molar-refractivity contribution in [1.82, 2.24) is 0 Å². The van der Waals surface area contributed by atoms with E-state index in [1.807, 2.05) is 0 Å². The quantitative estimate of drug-likeness (QED) is 0.0146. The van der Waals surface area contributed by atoms with E-state index >= 15 is 0 Å². The first-order chi connectivity index (χ1) is 57.2. The molecule has 0 saturated heterocycles. The van der Waals surface area contributed by atoms with E-state index in [9.17, 15) is 43.5 Å². The van der Waals surface area contributed by atoms with Gasteiger partial charge in [0.25, 0.3) is 0 Å². The van der Waals surface area contributed by atoms with Crippen LogP contribution in [-0.2, 0) is 55.8 Å². The first kappa shape index (κ1) is 112. The Hall–Kier alpha value is -4.57. The second-order valence-corrected chi connectivity index (χ2v) is 34.3. The summed E-state index contributed by atoms with van der Waals surface area (Å²) in [4.78, 5) is 58.9. The topological polar surface area (TPSA) is 231 Å². The number of unbranched alkanes of at least 4 members (excludes halogenated alkanes) is 42. The molecule has 0 spiro atoms. The van der Waals surface area contributed by atoms with Gasteiger partial charge in [0.15, 0.2) is 6.10 Å². The smallest absolute Gasteiger partial charge is 0.463 e. The highest BCUT2D eigenvalue weighted by molar-refractivity contribution is 7.47. The summed E-state index contributed by atoms with van der Waals surface area (Å²) in [5.41, 5.74) is 0. The van der Waals surface area contributed by atoms with Crippen LogP contribution in [0.4, 0.5) is 0 Å². The third-order valence-corrected chi connectivity index (χ3v) is 21.9. The second kappa shape index (κ2) is 90.7. The number of aliphatic hydroxyl groups is 2. The molecule has 0 aliphatic carbocycles. The fourth-order valence-corrected chi connectivity index (χ4v) is 14.5. The lowest BCUT2D eigenvalue weighted by Crippen LogP contribution is -2.30. The van der Waals surface area contributed by atoms with E-state index in [-0.39, 0.29) is 19.3 Å². The summed E-state index contributed by atoms with van der Waals surface area (Å²) < 4.78 is 61.4. The Morgan fingerprint density at radius 1 is 0.248 bits per heavy atom. The standard InChI is InChI=1S/C99H172O16P2/c1-4-7-10-13-16-19-22-25-28-30-32-34-36-38-40-42-44-46-48-50-52-54-56-58-60-62-65-67-70-73-76-79-82-85-97(102)109-88-94(100)89-111-116(105,106)112-90-95(101)91-113-117(107,108)114-93-96(115-99(104)87-84-81-78-75-72-69-64-27-24-21-18-15-12-9-6-3)92-110-98(103)86-83-80-77-74-71-68-66-63-61-59-57-55-53-51-49-47-45-43-41-39-37-35-33-31-29-26-23-20-17-14-11-8-5-2/h7-8,10-11,16-17,19-20,25-29,32-35,38-41,44,46,64,94-96,100-101H,4-6,9,12-15,18,21-24,30-31,36-37,42-43,45,47-63,65-93H2,1-3H3,(H,105,106)(H,107,108)/b10-7-,11-8-,19-16-,20-17-,28-25-,29-26-,34-32-,35-33-,40-38-,41-39-,46-44-,64-27-. The molecule has 0 aliphatic rings. The predicted octanol–water partition coefficient (Wildman–Crippen LogP) is 29.1. The van der Waals surface area contributed by atoms with Crippen LogP contribution in [0.2, 0.25) is 0 Å². The van der Waals surface area contributed by atoms with Crippen LogP contribution in [0.3, 0.4) is 0 Å². The van der Waals surface area contributed by atoms with Crippen molar-refractivity contribution in [3.8, 4) is 0 Å². The molecule has 4 N–H and O–H groups in total. The van der Waals surface area contributed by atoms with Crippen molar-refractivity contribution in [1.29, 1.82) is 0 Å². The van der Waals surface area contributed by atoms with Gasteiger partial charge in [0.1, 0.15) is 25.4 Å². The Morgan fingerprint density at radius 2 is 0.453 bits per heavy atom. The molecule has 18 heteroatoms. The average molecular weight is 1680 g/mol. The SMILES string of the molecule is CC/C=C\C/C=C\C/C=C\C/C=C\C/C=C\C/C=C\CCCCCCCCCCCCCCCCC(=O)OCC(O)COP(=O)(O)OCC(O)COP(=O)(O)OCC(COC(=O)CCCCCCCCCCCCCCCCCCC/C=C\C/C=C\C/C=C\C/C=C\C/C=C\CC)OC(=O)CCCCCCC/C=C\CCCCCCCC. The van der Waals surface area contributed by atoms with Crippen LogP contribution in [0.15, 0.2) is 146 Å². The van der Waals surface area contributed by atoms with Crippen LogP contribution in [0.5, 0.6) is 0 Å². The molecule has 117 heavy (non-hydrogen) atoms. The molecule has 0 amide bonds. The number of esters is 3. The molecule has 0 saturated carbocycles. The van der Waals surface area contributed by atoms with E-state index < -0.39 is 91.5 Å². The molecule has 0 aromatic carbocycles. The summed E-state index contributed by atoms with van der Waals surface area (Å²) in [6, 6.07) is 0. The van der Waals surface area contributed by atoms with Gasteiger partial charge in [0.2, 0.25) is 0 Å². The third-order valence-electron chi connectivity index (χ3n) is 20.0. The number of aliphatic hydroxyl groups excluding tert-OH is 2. The molecular weight excluding hydrogens is 1510 g/mol. The lowest BCUT2D eigenvalue weighted by molar-refractivity contribution is -0.161. The molecule has 0 radical (unpaired) electrons. The predicted molar refractivity (Wildman–Crippen MR) is 491 cm³/mol. The number of phosphoric acid groups is 2. The molecule has 16 nitrogen and oxygen atoms in total. The fraction of sp³-hybridized carbons (Fsp3) is 0.727. The Morgan fingerprint density at radius 3 is 0.726 bits per heavy atom. The number of rotatable bonds is 89. The minimum atomic E-state index is -4.94. The Balaban J connectivity index is 4.44. The van der Waals surface area contributed by atoms with Gasteiger partial charge in [-0.1, -0.05) is 391 Å². The number of hydrogen-bond acceptors (Lipinski definition) is 14. The summed E-state index contributed by atoms with van der Waals surface area (Å²) >= 11 is 0. The second-order valence-electron chi connectivity index (χ2n) is 31.4. The van der Waals surface area contributed by atoms with Gasteiger partial charge >= 0.3 is 33.6 Å². The van der Waals surface area contributed by atoms with Crippen molar-refractivity contribution in [2.45, 2.75) is 424 Å². The van der Waals surface area contributed by atoms with E-state index in [4.69, 9.17) is 32.3 Å². The molecule has 5 atom stereocenters. The molecule has 5 unspecified atom stereocenters. The minimum absolute atomic E-state index is 0.0957. The molecular formula is C99H172O16P2. The van der Waals surface area contributed by atoms with Gasteiger partial charge in [-0.3, -0.25) is 32.5 Å². The summed E-state index contributed by atoms with van der Waals surface area (Å²) in [5.74, 6) is -1.57. The van der Waals surface area contributed by atoms with Gasteiger partial charge in [-0.05, 0) is 141 Å². The molecule has 674 valence electrons. The number of hydrogen-bond donors (Lipinski definition) is 4. The lowest BCUT2D eigenvalue weighted by atomic mass is 10.0. The minimum Gasteiger partial charge on any atom is -0.463 e. The van der Waals surface area contributed by atoms with E-state index in [2.05, 4.69) is 167 Å². The first-order valence-corrected chi connectivity index (χ1v) is 50.1. The number of carbonyl (C=O) groups is 3. The van der Waals surface area contributed by atoms with Crippen LogP contribution < -0.4 is 0 Å². The van der Waals surface area contributed by atoms with Crippen molar-refractivity contribution in [3.05, 3.63) is 146 Å². The van der Waals surface area contributed by atoms with Crippen molar-refractivity contribution in [2.24, 2.45) is 0 Å². The van der Waals surface area contributed by atoms with Gasteiger partial charge < -0.3 is 34.2 Å². The number of carbonyl (C=O) groups excluding carboxylic acids is 3. The van der Waals surface area contributed by atoms with Crippen molar-refractivity contribution >= 4 is 33.6 Å². The van der Waals surface area contributed by atoms with Gasteiger partial charge in [0.05, 0.1) is 26.4 Å². The average Bonchev–Trinajstić information content (AvgIpc) is 0.874. The van der Waals surface area contributed by atoms with Gasteiger partial charge in [-0.2, -0.15) is 0 Å². The van der Waals surface area contributed by atoms with E-state index in [1.165, 1.54) is 193 Å². The third kappa shape index (κ3) is 92.0. The molecule has 0 aliphatic heterocycles. The number of ether oxygens (including phenoxy) is 3. The fourth-order valence-electron chi connectivity index (χ4n) is 13.0. The maximum Gasteiger partial charge on any atom is 0.472 e. The Labute approximate surface area is 715 Å². The Kier molecular flexibility index (Phi) is 87.1.